The molecule has 0 saturated heterocycles. The second-order valence-corrected chi connectivity index (χ2v) is 6.22. The lowest BCUT2D eigenvalue weighted by Gasteiger charge is -2.47. The topological polar surface area (TPSA) is 0 Å². The van der Waals surface area contributed by atoms with E-state index in [1.54, 1.807) is 12.8 Å². The fourth-order valence-electron chi connectivity index (χ4n) is 3.54. The lowest BCUT2D eigenvalue weighted by molar-refractivity contribution is 0.0531. The summed E-state index contributed by atoms with van der Waals surface area (Å²) in [4.78, 5) is 0. The number of hydrogen-bond acceptors (Lipinski definition) is 0. The predicted molar refractivity (Wildman–Crippen MR) is 62.4 cm³/mol. The summed E-state index contributed by atoms with van der Waals surface area (Å²) in [6.45, 7) is 4.88. The minimum absolute atomic E-state index is 0.697. The molecule has 1 spiro atoms. The Kier molecular flexibility index (Phi) is 2.91. The second kappa shape index (κ2) is 3.87. The van der Waals surface area contributed by atoms with E-state index >= 15 is 0 Å². The third-order valence-corrected chi connectivity index (χ3v) is 5.29. The molecule has 0 heterocycles. The zero-order valence-corrected chi connectivity index (χ0v) is 10.1. The van der Waals surface area contributed by atoms with Crippen LogP contribution >= 0.6 is 0 Å². The van der Waals surface area contributed by atoms with Gasteiger partial charge in [0.2, 0.25) is 0 Å². The Morgan fingerprint density at radius 3 is 1.86 bits per heavy atom. The maximum atomic E-state index is 2.50. The molecule has 2 aliphatic rings. The standard InChI is InChI=1S/C14H26/c1-3-13(2)9-11-14(12-10-13)7-5-4-6-8-14/h3-12H2,1-2H3. The molecule has 0 N–H and O–H groups in total. The Hall–Kier alpha value is 0. The van der Waals surface area contributed by atoms with Crippen LogP contribution in [0.2, 0.25) is 0 Å². The predicted octanol–water partition coefficient (Wildman–Crippen LogP) is 4.93. The zero-order chi connectivity index (χ0) is 10.1. The molecule has 0 radical (unpaired) electrons. The van der Waals surface area contributed by atoms with Gasteiger partial charge in [0.25, 0.3) is 0 Å². The van der Waals surface area contributed by atoms with Crippen LogP contribution in [-0.4, -0.2) is 0 Å². The van der Waals surface area contributed by atoms with Crippen LogP contribution in [-0.2, 0) is 0 Å². The van der Waals surface area contributed by atoms with Gasteiger partial charge < -0.3 is 0 Å². The van der Waals surface area contributed by atoms with E-state index in [0.717, 1.165) is 5.41 Å². The van der Waals surface area contributed by atoms with Crippen LogP contribution in [0.25, 0.3) is 0 Å². The molecule has 0 aromatic carbocycles. The van der Waals surface area contributed by atoms with Gasteiger partial charge >= 0.3 is 0 Å². The molecule has 0 amide bonds. The normalized spacial score (nSPS) is 30.4. The van der Waals surface area contributed by atoms with Crippen LogP contribution in [0.1, 0.15) is 78.1 Å². The number of hydrogen-bond donors (Lipinski definition) is 0. The molecule has 0 atom stereocenters. The summed E-state index contributed by atoms with van der Waals surface area (Å²) in [7, 11) is 0. The molecular formula is C14H26. The summed E-state index contributed by atoms with van der Waals surface area (Å²) in [6, 6.07) is 0. The Labute approximate surface area is 89.5 Å². The quantitative estimate of drug-likeness (QED) is 0.555. The number of rotatable bonds is 1. The van der Waals surface area contributed by atoms with E-state index in [4.69, 9.17) is 0 Å². The maximum Gasteiger partial charge on any atom is -0.0297 e. The van der Waals surface area contributed by atoms with Crippen LogP contribution in [0, 0.1) is 10.8 Å². The molecule has 2 rings (SSSR count). The van der Waals surface area contributed by atoms with Crippen molar-refractivity contribution in [3.8, 4) is 0 Å². The van der Waals surface area contributed by atoms with Crippen LogP contribution in [0.3, 0.4) is 0 Å². The third-order valence-electron chi connectivity index (χ3n) is 5.29. The summed E-state index contributed by atoms with van der Waals surface area (Å²) < 4.78 is 0. The second-order valence-electron chi connectivity index (χ2n) is 6.22. The van der Waals surface area contributed by atoms with E-state index in [1.165, 1.54) is 51.4 Å². The van der Waals surface area contributed by atoms with Crippen molar-refractivity contribution in [1.29, 1.82) is 0 Å². The molecular weight excluding hydrogens is 168 g/mol. The summed E-state index contributed by atoms with van der Waals surface area (Å²) in [5, 5.41) is 0. The van der Waals surface area contributed by atoms with E-state index in [-0.39, 0.29) is 0 Å². The molecule has 0 aromatic heterocycles. The van der Waals surface area contributed by atoms with Crippen molar-refractivity contribution in [3.05, 3.63) is 0 Å². The van der Waals surface area contributed by atoms with Crippen LogP contribution in [0.5, 0.6) is 0 Å². The van der Waals surface area contributed by atoms with E-state index < -0.39 is 0 Å². The Balaban J connectivity index is 1.93. The zero-order valence-electron chi connectivity index (χ0n) is 10.1. The highest BCUT2D eigenvalue weighted by atomic mass is 14.4. The first-order valence-electron chi connectivity index (χ1n) is 6.68. The van der Waals surface area contributed by atoms with Crippen molar-refractivity contribution >= 4 is 0 Å². The van der Waals surface area contributed by atoms with Gasteiger partial charge in [-0.1, -0.05) is 39.5 Å². The van der Waals surface area contributed by atoms with E-state index in [1.807, 2.05) is 0 Å². The maximum absolute atomic E-state index is 2.50. The first kappa shape index (κ1) is 10.5. The molecule has 0 aliphatic heterocycles. The van der Waals surface area contributed by atoms with Gasteiger partial charge in [-0.15, -0.1) is 0 Å². The van der Waals surface area contributed by atoms with Crippen molar-refractivity contribution in [2.24, 2.45) is 10.8 Å². The molecule has 0 nitrogen and oxygen atoms in total. The van der Waals surface area contributed by atoms with Gasteiger partial charge in [-0.25, -0.2) is 0 Å². The van der Waals surface area contributed by atoms with Crippen molar-refractivity contribution in [1.82, 2.24) is 0 Å². The Bertz CT molecular complexity index is 176. The average Bonchev–Trinajstić information content (AvgIpc) is 2.25. The molecule has 0 unspecified atom stereocenters. The molecule has 2 aliphatic carbocycles. The van der Waals surface area contributed by atoms with Crippen molar-refractivity contribution in [2.75, 3.05) is 0 Å². The van der Waals surface area contributed by atoms with Gasteiger partial charge in [0.1, 0.15) is 0 Å². The van der Waals surface area contributed by atoms with E-state index in [9.17, 15) is 0 Å². The Morgan fingerprint density at radius 2 is 1.36 bits per heavy atom. The largest absolute Gasteiger partial charge is 0.0649 e. The Morgan fingerprint density at radius 1 is 0.786 bits per heavy atom. The lowest BCUT2D eigenvalue weighted by atomic mass is 9.59. The van der Waals surface area contributed by atoms with Crippen LogP contribution < -0.4 is 0 Å². The smallest absolute Gasteiger partial charge is 0.0297 e. The van der Waals surface area contributed by atoms with Gasteiger partial charge in [0.15, 0.2) is 0 Å². The minimum atomic E-state index is 0.697. The molecule has 0 bridgehead atoms. The molecule has 14 heavy (non-hydrogen) atoms. The molecule has 0 aromatic rings. The van der Waals surface area contributed by atoms with Crippen LogP contribution in [0.15, 0.2) is 0 Å². The summed E-state index contributed by atoms with van der Waals surface area (Å²) in [5.74, 6) is 0. The van der Waals surface area contributed by atoms with Gasteiger partial charge in [-0.3, -0.25) is 0 Å². The lowest BCUT2D eigenvalue weighted by Crippen LogP contribution is -2.33. The van der Waals surface area contributed by atoms with Crippen molar-refractivity contribution in [3.63, 3.8) is 0 Å². The highest BCUT2D eigenvalue weighted by Crippen LogP contribution is 2.53. The van der Waals surface area contributed by atoms with E-state index in [2.05, 4.69) is 13.8 Å². The van der Waals surface area contributed by atoms with Crippen LogP contribution in [0.4, 0.5) is 0 Å². The summed E-state index contributed by atoms with van der Waals surface area (Å²) >= 11 is 0. The highest BCUT2D eigenvalue weighted by Gasteiger charge is 2.39. The fourth-order valence-corrected chi connectivity index (χ4v) is 3.54. The first-order chi connectivity index (χ1) is 6.68. The average molecular weight is 194 g/mol. The first-order valence-corrected chi connectivity index (χ1v) is 6.68. The van der Waals surface area contributed by atoms with E-state index in [0.29, 0.717) is 5.41 Å². The SMILES string of the molecule is CCC1(C)CCC2(CCCCC2)CC1. The summed E-state index contributed by atoms with van der Waals surface area (Å²) in [5.41, 5.74) is 1.51. The van der Waals surface area contributed by atoms with Gasteiger partial charge in [-0.05, 0) is 49.4 Å². The molecule has 2 fully saturated rings. The monoisotopic (exact) mass is 194 g/mol. The van der Waals surface area contributed by atoms with Gasteiger partial charge in [0.05, 0.1) is 0 Å². The van der Waals surface area contributed by atoms with Gasteiger partial charge in [0, 0.05) is 0 Å². The van der Waals surface area contributed by atoms with Crippen molar-refractivity contribution < 1.29 is 0 Å². The molecule has 82 valence electrons. The third kappa shape index (κ3) is 1.99. The van der Waals surface area contributed by atoms with Crippen molar-refractivity contribution in [2.45, 2.75) is 78.1 Å². The molecule has 0 heteroatoms. The molecule has 2 saturated carbocycles. The highest BCUT2D eigenvalue weighted by molar-refractivity contribution is 4.91. The fraction of sp³-hybridized carbons (Fsp3) is 1.00. The summed E-state index contributed by atoms with van der Waals surface area (Å²) in [6.07, 6.45) is 15.1. The van der Waals surface area contributed by atoms with Gasteiger partial charge in [-0.2, -0.15) is 0 Å². The minimum Gasteiger partial charge on any atom is -0.0649 e.